The van der Waals surface area contributed by atoms with Crippen molar-refractivity contribution in [2.75, 3.05) is 81.2 Å². The van der Waals surface area contributed by atoms with Crippen LogP contribution in [0.2, 0.25) is 0 Å². The lowest BCUT2D eigenvalue weighted by Gasteiger charge is -2.37. The Morgan fingerprint density at radius 2 is 1.73 bits per heavy atom. The van der Waals surface area contributed by atoms with E-state index in [0.717, 1.165) is 104 Å². The van der Waals surface area contributed by atoms with Crippen molar-refractivity contribution in [3.63, 3.8) is 0 Å². The first-order chi connectivity index (χ1) is 41.2. The van der Waals surface area contributed by atoms with Crippen LogP contribution in [0.4, 0.5) is 20.8 Å². The molecular formula is C64H77FN12O7S. The number of carbonyl (C=O) groups excluding carboxylic acids is 3. The van der Waals surface area contributed by atoms with Crippen LogP contribution in [0.25, 0.3) is 37.8 Å². The number of carbonyl (C=O) groups is 3. The summed E-state index contributed by atoms with van der Waals surface area (Å²) in [6, 6.07) is 19.2. The second-order valence-electron chi connectivity index (χ2n) is 24.7. The van der Waals surface area contributed by atoms with Gasteiger partial charge in [0.2, 0.25) is 11.8 Å². The number of halogens is 1. The summed E-state index contributed by atoms with van der Waals surface area (Å²) >= 11 is 1.79. The fraction of sp³-hybridized carbons (Fsp3) is 0.516. The number of nitrogens with one attached hydrogen (secondary N) is 3. The van der Waals surface area contributed by atoms with E-state index in [2.05, 4.69) is 73.9 Å². The number of ether oxygens (including phenoxy) is 2. The maximum Gasteiger partial charge on any atom is 0.409 e. The van der Waals surface area contributed by atoms with Gasteiger partial charge in [0.25, 0.3) is 0 Å². The van der Waals surface area contributed by atoms with Crippen molar-refractivity contribution in [3.05, 3.63) is 101 Å². The molecule has 3 aromatic heterocycles. The van der Waals surface area contributed by atoms with Crippen molar-refractivity contribution in [2.24, 2.45) is 5.92 Å². The van der Waals surface area contributed by atoms with Crippen molar-refractivity contribution in [1.29, 1.82) is 0 Å². The second-order valence-corrected chi connectivity index (χ2v) is 25.7. The van der Waals surface area contributed by atoms with E-state index < -0.39 is 17.8 Å². The van der Waals surface area contributed by atoms with Crippen LogP contribution in [0.1, 0.15) is 120 Å². The Morgan fingerprint density at radius 3 is 2.48 bits per heavy atom. The van der Waals surface area contributed by atoms with Crippen LogP contribution in [0.5, 0.6) is 11.8 Å². The van der Waals surface area contributed by atoms with Gasteiger partial charge in [-0.25, -0.2) is 9.18 Å². The molecule has 448 valence electrons. The number of phenols is 1. The van der Waals surface area contributed by atoms with Gasteiger partial charge in [-0.1, -0.05) is 68.4 Å². The molecule has 6 aromatic rings. The van der Waals surface area contributed by atoms with Crippen molar-refractivity contribution in [1.82, 2.24) is 50.8 Å². The van der Waals surface area contributed by atoms with Gasteiger partial charge in [-0.3, -0.25) is 19.5 Å². The Balaban J connectivity index is 0.630. The summed E-state index contributed by atoms with van der Waals surface area (Å²) in [4.78, 5) is 68.1. The van der Waals surface area contributed by atoms with E-state index in [1.54, 1.807) is 39.9 Å². The molecule has 3 amide bonds. The summed E-state index contributed by atoms with van der Waals surface area (Å²) in [5.74, 6) is 0.903. The molecule has 13 rings (SSSR count). The van der Waals surface area contributed by atoms with Crippen LogP contribution >= 0.6 is 11.8 Å². The summed E-state index contributed by atoms with van der Waals surface area (Å²) < 4.78 is 36.0. The van der Waals surface area contributed by atoms with Gasteiger partial charge in [0.05, 0.1) is 22.8 Å². The van der Waals surface area contributed by atoms with Gasteiger partial charge < -0.3 is 54.7 Å². The number of hydrogen-bond donors (Lipinski definition) is 4. The van der Waals surface area contributed by atoms with Crippen LogP contribution in [-0.2, 0) is 20.7 Å². The predicted octanol–water partition coefficient (Wildman–Crippen LogP) is 9.11. The zero-order valence-corrected chi connectivity index (χ0v) is 50.1. The number of phenolic OH excluding ortho intramolecular Hbond substituents is 1. The number of benzene rings is 3. The van der Waals surface area contributed by atoms with Crippen LogP contribution in [-0.4, -0.2) is 159 Å². The lowest BCUT2D eigenvalue weighted by molar-refractivity contribution is -0.141. The van der Waals surface area contributed by atoms with E-state index in [1.165, 1.54) is 10.6 Å². The highest BCUT2D eigenvalue weighted by Crippen LogP contribution is 2.44. The largest absolute Gasteiger partial charge is 0.508 e. The third-order valence-corrected chi connectivity index (χ3v) is 20.2. The number of aromatic hydroxyl groups is 1. The van der Waals surface area contributed by atoms with Crippen molar-refractivity contribution < 1.29 is 37.9 Å². The van der Waals surface area contributed by atoms with Gasteiger partial charge in [0.1, 0.15) is 48.0 Å². The van der Waals surface area contributed by atoms with Gasteiger partial charge in [-0.05, 0) is 124 Å². The third kappa shape index (κ3) is 11.0. The summed E-state index contributed by atoms with van der Waals surface area (Å²) in [6.45, 7) is 15.3. The van der Waals surface area contributed by atoms with Crippen LogP contribution in [0.3, 0.4) is 0 Å². The Kier molecular flexibility index (Phi) is 15.8. The quantitative estimate of drug-likeness (QED) is 0.0713. The van der Waals surface area contributed by atoms with Crippen LogP contribution in [0, 0.1) is 11.7 Å². The number of thioether (sulfide) groups is 1. The first-order valence-corrected chi connectivity index (χ1v) is 31.6. The molecule has 2 bridgehead atoms. The zero-order chi connectivity index (χ0) is 58.7. The minimum Gasteiger partial charge on any atom is -0.508 e. The molecule has 0 spiro atoms. The first-order valence-electron chi connectivity index (χ1n) is 30.7. The number of aryl methyl sites for hydroxylation is 1. The highest BCUT2D eigenvalue weighted by Gasteiger charge is 2.51. The van der Waals surface area contributed by atoms with Crippen molar-refractivity contribution in [2.45, 2.75) is 134 Å². The lowest BCUT2D eigenvalue weighted by Crippen LogP contribution is -2.51. The third-order valence-electron chi connectivity index (χ3n) is 19.1. The minimum atomic E-state index is -0.630. The molecule has 3 aromatic carbocycles. The number of nitrogens with zero attached hydrogens (tertiary/aromatic N) is 9. The number of fused-ring (bicyclic) bond motifs is 5. The average Bonchev–Trinajstić information content (AvgIpc) is 2.85. The summed E-state index contributed by atoms with van der Waals surface area (Å²) in [7, 11) is 0. The molecule has 7 aliphatic rings. The summed E-state index contributed by atoms with van der Waals surface area (Å²) in [5, 5.41) is 27.7. The monoisotopic (exact) mass is 1180 g/mol. The molecule has 4 N–H and O–H groups in total. The molecule has 0 saturated carbocycles. The number of allylic oxidation sites excluding steroid dienone is 1. The molecule has 0 radical (unpaired) electrons. The molecule has 21 heteroatoms. The maximum absolute atomic E-state index is 17.3. The number of pyridine rings is 1. The van der Waals surface area contributed by atoms with Gasteiger partial charge >= 0.3 is 12.1 Å². The summed E-state index contributed by atoms with van der Waals surface area (Å²) in [5.41, 5.74) is 4.75. The molecule has 4 unspecified atom stereocenters. The number of anilines is 2. The maximum atomic E-state index is 17.3. The summed E-state index contributed by atoms with van der Waals surface area (Å²) in [6.07, 6.45) is 8.99. The first kappa shape index (κ1) is 56.9. The highest BCUT2D eigenvalue weighted by atomic mass is 32.2. The Bertz CT molecular complexity index is 3550. The number of amides is 3. The molecule has 7 atom stereocenters. The van der Waals surface area contributed by atoms with Gasteiger partial charge in [0.15, 0.2) is 17.4 Å². The fourth-order valence-corrected chi connectivity index (χ4v) is 15.7. The zero-order valence-electron chi connectivity index (χ0n) is 49.2. The second kappa shape index (κ2) is 23.6. The van der Waals surface area contributed by atoms with Gasteiger partial charge in [-0.15, -0.1) is 11.8 Å². The Morgan fingerprint density at radius 1 is 0.929 bits per heavy atom. The number of hydrogen-bond acceptors (Lipinski definition) is 17. The highest BCUT2D eigenvalue weighted by molar-refractivity contribution is 8.08. The van der Waals surface area contributed by atoms with E-state index in [4.69, 9.17) is 28.9 Å². The molecule has 7 aliphatic heterocycles. The molecular weight excluding hydrogens is 1100 g/mol. The molecule has 85 heavy (non-hydrogen) atoms. The number of piperazine rings is 2. The number of rotatable bonds is 16. The van der Waals surface area contributed by atoms with E-state index in [1.807, 2.05) is 45.0 Å². The molecule has 10 heterocycles. The van der Waals surface area contributed by atoms with E-state index in [0.29, 0.717) is 79.6 Å². The van der Waals surface area contributed by atoms with E-state index in [9.17, 15) is 19.5 Å². The smallest absolute Gasteiger partial charge is 0.409 e. The van der Waals surface area contributed by atoms with E-state index in [-0.39, 0.29) is 77.6 Å². The average molecular weight is 1180 g/mol. The van der Waals surface area contributed by atoms with Gasteiger partial charge in [-0.2, -0.15) is 9.97 Å². The van der Waals surface area contributed by atoms with E-state index >= 15 is 4.39 Å². The minimum absolute atomic E-state index is 0.00483. The molecule has 6 fully saturated rings. The fourth-order valence-electron chi connectivity index (χ4n) is 14.6. The normalized spacial score (nSPS) is 24.0. The Labute approximate surface area is 499 Å². The SMILES string of the molecule is CCc1cccc2cc(O)cc(-c3ncc4c(N5CC6CCC(C5)N6)nc(OCC5CCC6(COC(=O)N7CCN(c8cc([C@H](C(=O)N9CCC[C@H]9C(=O)N[C@@H](C)c9ccc(C%10=C(C)NCS%10)cc9)C(C)C)on8)CC7)CCCN56)nc4c3F)c12. The topological polar surface area (TPSA) is 207 Å². The molecule has 0 aliphatic carbocycles. The standard InChI is InChI=1S/C64H77FN12O7S/c1-6-40-10-7-11-43-28-47(78)29-48(54(40)43)56-55(65)57-49(31-66-56)59(75-32-44-17-18-45(33-75)69-44)71-62(70-57)82-34-46-19-21-64(20-9-23-77(46)64)35-83-63(81)74-26-24-73(25-27-74)52-30-51(84-72-52)53(37(2)3)61(80)76-22-8-12-50(76)60(79)68-38(4)41-13-15-42(16-14-41)58-39(5)67-36-85-58/h7,10-11,13-16,28-31,37-38,44-46,50,53,67,69,78H,6,8-9,12,17-27,32-36H2,1-5H3,(H,68,79)/t38-,44?,45?,46?,50-,53+,64?/m0/s1. The Hall–Kier alpha value is -7.23. The number of likely N-dealkylation sites (tertiary alicyclic amines) is 1. The van der Waals surface area contributed by atoms with Crippen molar-refractivity contribution >= 4 is 67.9 Å². The predicted molar refractivity (Wildman–Crippen MR) is 326 cm³/mol. The molecule has 6 saturated heterocycles. The molecule has 19 nitrogen and oxygen atoms in total. The number of aromatic nitrogens is 4. The van der Waals surface area contributed by atoms with Crippen molar-refractivity contribution in [3.8, 4) is 23.0 Å². The van der Waals surface area contributed by atoms with Crippen LogP contribution < -0.4 is 30.5 Å². The van der Waals surface area contributed by atoms with Crippen LogP contribution in [0.15, 0.2) is 77.1 Å². The lowest BCUT2D eigenvalue weighted by atomic mass is 9.91. The van der Waals surface area contributed by atoms with Gasteiger partial charge in [0, 0.05) is 92.4 Å².